The maximum Gasteiger partial charge on any atom is 0.227 e. The highest BCUT2D eigenvalue weighted by molar-refractivity contribution is 5.96. The Morgan fingerprint density at radius 1 is 1.03 bits per heavy atom. The molecule has 2 aliphatic carbocycles. The van der Waals surface area contributed by atoms with E-state index >= 15 is 0 Å². The van der Waals surface area contributed by atoms with Crippen molar-refractivity contribution in [3.8, 4) is 0 Å². The maximum absolute atomic E-state index is 13.4. The Morgan fingerprint density at radius 3 is 2.27 bits per heavy atom. The highest BCUT2D eigenvalue weighted by Crippen LogP contribution is 2.38. The van der Waals surface area contributed by atoms with Gasteiger partial charge in [0.25, 0.3) is 0 Å². The molecule has 6 nitrogen and oxygen atoms in total. The number of benzene rings is 1. The molecule has 2 amide bonds. The monoisotopic (exact) mass is 412 g/mol. The molecule has 0 bridgehead atoms. The number of carbonyl (C=O) groups excluding carboxylic acids is 3. The molecule has 6 heteroatoms. The lowest BCUT2D eigenvalue weighted by atomic mass is 9.77. The minimum atomic E-state index is -0.489. The number of hydrogen-bond donors (Lipinski definition) is 2. The zero-order valence-electron chi connectivity index (χ0n) is 18.0. The van der Waals surface area contributed by atoms with Crippen LogP contribution in [0.2, 0.25) is 0 Å². The van der Waals surface area contributed by atoms with Gasteiger partial charge in [0.15, 0.2) is 11.5 Å². The predicted molar refractivity (Wildman–Crippen MR) is 115 cm³/mol. The van der Waals surface area contributed by atoms with Gasteiger partial charge in [-0.2, -0.15) is 0 Å². The Morgan fingerprint density at radius 2 is 1.67 bits per heavy atom. The summed E-state index contributed by atoms with van der Waals surface area (Å²) < 4.78 is 5.33. The molecular weight excluding hydrogens is 380 g/mol. The van der Waals surface area contributed by atoms with Crippen LogP contribution < -0.4 is 10.6 Å². The lowest BCUT2D eigenvalue weighted by Crippen LogP contribution is -2.54. The number of carbonyl (C=O) groups is 3. The fourth-order valence-electron chi connectivity index (χ4n) is 4.78. The van der Waals surface area contributed by atoms with Crippen LogP contribution in [0.4, 0.5) is 0 Å². The first-order valence-electron chi connectivity index (χ1n) is 10.8. The van der Waals surface area contributed by atoms with Crippen molar-refractivity contribution >= 4 is 17.6 Å². The van der Waals surface area contributed by atoms with Gasteiger partial charge in [0.1, 0.15) is 0 Å². The quantitative estimate of drug-likeness (QED) is 0.778. The highest BCUT2D eigenvalue weighted by Gasteiger charge is 2.38. The first kappa shape index (κ1) is 22.1. The van der Waals surface area contributed by atoms with Crippen LogP contribution in [0.5, 0.6) is 0 Å². The molecule has 0 aromatic heterocycles. The van der Waals surface area contributed by atoms with E-state index in [0.717, 1.165) is 31.2 Å². The summed E-state index contributed by atoms with van der Waals surface area (Å²) in [5, 5.41) is 6.15. The average molecular weight is 413 g/mol. The molecule has 0 aliphatic heterocycles. The van der Waals surface area contributed by atoms with Crippen molar-refractivity contribution in [2.75, 3.05) is 7.11 Å². The van der Waals surface area contributed by atoms with Crippen LogP contribution in [0.3, 0.4) is 0 Å². The summed E-state index contributed by atoms with van der Waals surface area (Å²) in [5.74, 6) is -0.667. The number of amides is 2. The Kier molecular flexibility index (Phi) is 7.29. The van der Waals surface area contributed by atoms with Gasteiger partial charge < -0.3 is 15.4 Å². The van der Waals surface area contributed by atoms with Crippen LogP contribution >= 0.6 is 0 Å². The van der Waals surface area contributed by atoms with Gasteiger partial charge in [-0.1, -0.05) is 50.1 Å². The topological polar surface area (TPSA) is 84.5 Å². The van der Waals surface area contributed by atoms with Gasteiger partial charge in [-0.3, -0.25) is 14.4 Å². The molecule has 3 rings (SSSR count). The molecule has 0 heterocycles. The number of allylic oxidation sites excluding steroid dienone is 1. The number of ether oxygens (including phenoxy) is 1. The van der Waals surface area contributed by atoms with Crippen molar-refractivity contribution in [3.05, 3.63) is 47.7 Å². The molecule has 1 saturated carbocycles. The van der Waals surface area contributed by atoms with Crippen molar-refractivity contribution in [1.82, 2.24) is 10.6 Å². The number of methoxy groups -OCH3 is 1. The van der Waals surface area contributed by atoms with Crippen molar-refractivity contribution in [2.24, 2.45) is 11.8 Å². The number of nitrogens with one attached hydrogen (secondary N) is 2. The zero-order valence-corrected chi connectivity index (χ0v) is 18.0. The predicted octanol–water partition coefficient (Wildman–Crippen LogP) is 3.09. The molecule has 5 unspecified atom stereocenters. The number of hydrogen-bond acceptors (Lipinski definition) is 4. The van der Waals surface area contributed by atoms with Gasteiger partial charge in [-0.25, -0.2) is 0 Å². The summed E-state index contributed by atoms with van der Waals surface area (Å²) in [6.07, 6.45) is 5.74. The van der Waals surface area contributed by atoms with Crippen molar-refractivity contribution in [2.45, 2.75) is 64.0 Å². The van der Waals surface area contributed by atoms with Crippen LogP contribution in [0, 0.1) is 11.8 Å². The molecule has 0 saturated heterocycles. The summed E-state index contributed by atoms with van der Waals surface area (Å²) in [7, 11) is 1.47. The second kappa shape index (κ2) is 9.92. The van der Waals surface area contributed by atoms with Gasteiger partial charge in [-0.15, -0.1) is 0 Å². The van der Waals surface area contributed by atoms with Crippen molar-refractivity contribution < 1.29 is 19.1 Å². The van der Waals surface area contributed by atoms with Crippen LogP contribution in [0.25, 0.3) is 0 Å². The lowest BCUT2D eigenvalue weighted by Gasteiger charge is -2.34. The summed E-state index contributed by atoms with van der Waals surface area (Å²) in [4.78, 5) is 37.7. The fraction of sp³-hybridized carbons (Fsp3) is 0.542. The Bertz CT molecular complexity index is 805. The van der Waals surface area contributed by atoms with E-state index in [-0.39, 0.29) is 47.3 Å². The van der Waals surface area contributed by atoms with Crippen LogP contribution in [-0.2, 0) is 19.1 Å². The van der Waals surface area contributed by atoms with Crippen LogP contribution in [-0.4, -0.2) is 36.8 Å². The van der Waals surface area contributed by atoms with Gasteiger partial charge >= 0.3 is 0 Å². The summed E-state index contributed by atoms with van der Waals surface area (Å²) in [6.45, 7) is 3.53. The van der Waals surface area contributed by atoms with E-state index < -0.39 is 5.92 Å². The third-order valence-electron chi connectivity index (χ3n) is 6.44. The van der Waals surface area contributed by atoms with Gasteiger partial charge in [0.05, 0.1) is 13.0 Å². The number of rotatable bonds is 5. The standard InChI is InChI=1S/C24H32N2O4/c1-15-18(17-9-5-4-6-10-17)13-22(28)23(30-3)14-19(15)24(29)26-21-12-8-7-11-20(21)25-16(2)27/h4-6,9-10,14-15,18-21H,7-8,11-13H2,1-3H3,(H,25,27)(H,26,29). The van der Waals surface area contributed by atoms with Crippen molar-refractivity contribution in [3.63, 3.8) is 0 Å². The molecule has 162 valence electrons. The Hall–Kier alpha value is -2.63. The summed E-state index contributed by atoms with van der Waals surface area (Å²) in [5.41, 5.74) is 1.05. The SMILES string of the molecule is COC1=CC(C(=O)NC2CCCCC2NC(C)=O)C(C)C(c2ccccc2)CC1=O. The largest absolute Gasteiger partial charge is 0.493 e. The zero-order chi connectivity index (χ0) is 21.7. The van der Waals surface area contributed by atoms with Gasteiger partial charge in [0, 0.05) is 25.4 Å². The van der Waals surface area contributed by atoms with E-state index in [1.807, 2.05) is 37.3 Å². The number of ketones is 1. The summed E-state index contributed by atoms with van der Waals surface area (Å²) >= 11 is 0. The minimum absolute atomic E-state index is 0.0567. The van der Waals surface area contributed by atoms with Gasteiger partial charge in [-0.05, 0) is 36.3 Å². The van der Waals surface area contributed by atoms with E-state index in [0.29, 0.717) is 6.42 Å². The molecule has 30 heavy (non-hydrogen) atoms. The second-order valence-corrected chi connectivity index (χ2v) is 8.47. The second-order valence-electron chi connectivity index (χ2n) is 8.47. The van der Waals surface area contributed by atoms with E-state index in [1.165, 1.54) is 14.0 Å². The smallest absolute Gasteiger partial charge is 0.227 e. The lowest BCUT2D eigenvalue weighted by molar-refractivity contribution is -0.127. The molecule has 1 aromatic carbocycles. The summed E-state index contributed by atoms with van der Waals surface area (Å²) in [6, 6.07) is 9.72. The maximum atomic E-state index is 13.4. The fourth-order valence-corrected chi connectivity index (χ4v) is 4.78. The average Bonchev–Trinajstić information content (AvgIpc) is 2.86. The first-order chi connectivity index (χ1) is 14.4. The normalized spacial score (nSPS) is 29.4. The number of Topliss-reactive ketones (excluding diaryl/α,β-unsaturated/α-hetero) is 1. The molecule has 0 spiro atoms. The van der Waals surface area contributed by atoms with Gasteiger partial charge in [0.2, 0.25) is 11.8 Å². The van der Waals surface area contributed by atoms with E-state index in [4.69, 9.17) is 4.74 Å². The molecule has 2 aliphatic rings. The molecule has 1 aromatic rings. The van der Waals surface area contributed by atoms with E-state index in [9.17, 15) is 14.4 Å². The highest BCUT2D eigenvalue weighted by atomic mass is 16.5. The first-order valence-corrected chi connectivity index (χ1v) is 10.8. The molecule has 2 N–H and O–H groups in total. The van der Waals surface area contributed by atoms with E-state index in [2.05, 4.69) is 10.6 Å². The van der Waals surface area contributed by atoms with Crippen molar-refractivity contribution in [1.29, 1.82) is 0 Å². The van der Waals surface area contributed by atoms with E-state index in [1.54, 1.807) is 6.08 Å². The molecular formula is C24H32N2O4. The third-order valence-corrected chi connectivity index (χ3v) is 6.44. The minimum Gasteiger partial charge on any atom is -0.493 e. The van der Waals surface area contributed by atoms with Crippen LogP contribution in [0.1, 0.15) is 57.4 Å². The Balaban J connectivity index is 1.84. The molecule has 0 radical (unpaired) electrons. The molecule has 5 atom stereocenters. The Labute approximate surface area is 178 Å². The molecule has 1 fully saturated rings. The third kappa shape index (κ3) is 5.10. The van der Waals surface area contributed by atoms with Crippen LogP contribution in [0.15, 0.2) is 42.2 Å².